The number of amides is 3. The van der Waals surface area contributed by atoms with Crippen molar-refractivity contribution in [1.29, 1.82) is 0 Å². The van der Waals surface area contributed by atoms with E-state index < -0.39 is 29.9 Å². The molecule has 0 fully saturated rings. The molecule has 3 rings (SSSR count). The van der Waals surface area contributed by atoms with Crippen LogP contribution in [0.4, 0.5) is 5.69 Å². The second kappa shape index (κ2) is 8.27. The molecule has 3 N–H and O–H groups in total. The number of methoxy groups -OCH3 is 1. The van der Waals surface area contributed by atoms with Crippen LogP contribution in [-0.2, 0) is 10.5 Å². The molecule has 2 aromatic rings. The summed E-state index contributed by atoms with van der Waals surface area (Å²) in [6, 6.07) is 9.27. The Morgan fingerprint density at radius 1 is 1.16 bits per heavy atom. The largest absolute Gasteiger partial charge is 0.493 e. The van der Waals surface area contributed by atoms with Crippen LogP contribution in [0.5, 0.6) is 11.5 Å². The monoisotopic (exact) mass is 427 g/mol. The van der Waals surface area contributed by atoms with Crippen LogP contribution in [0.25, 0.3) is 0 Å². The number of rotatable bonds is 8. The van der Waals surface area contributed by atoms with Gasteiger partial charge in [-0.25, -0.2) is 4.90 Å². The number of anilines is 1. The zero-order valence-corrected chi connectivity index (χ0v) is 17.8. The molecule has 1 aliphatic rings. The van der Waals surface area contributed by atoms with Gasteiger partial charge in [-0.2, -0.15) is 0 Å². The lowest BCUT2D eigenvalue weighted by Crippen LogP contribution is -2.51. The van der Waals surface area contributed by atoms with Crippen LogP contribution in [0.2, 0.25) is 0 Å². The van der Waals surface area contributed by atoms with Crippen molar-refractivity contribution in [2.75, 3.05) is 32.7 Å². The molecule has 1 unspecified atom stereocenters. The standard InChI is InChI=1S/C22H25N3O6/c1-5-31-17-11-13(9-10-16(17)30-4)22(29,12-18(23)26)25-20(27)14-7-6-8-15(24(2)3)19(14)21(25)28/h6-11,29H,5,12H2,1-4H3,(H2,23,26). The minimum atomic E-state index is -2.32. The molecule has 9 heteroatoms. The highest BCUT2D eigenvalue weighted by Crippen LogP contribution is 2.41. The third-order valence-electron chi connectivity index (χ3n) is 5.09. The summed E-state index contributed by atoms with van der Waals surface area (Å²) in [6.07, 6.45) is -0.687. The Kier molecular flexibility index (Phi) is 5.90. The molecule has 0 bridgehead atoms. The van der Waals surface area contributed by atoms with E-state index in [0.717, 1.165) is 0 Å². The highest BCUT2D eigenvalue weighted by atomic mass is 16.5. The SMILES string of the molecule is CCOc1cc(C(O)(CC(N)=O)N2C(=O)c3cccc(N(C)C)c3C2=O)ccc1OC. The summed E-state index contributed by atoms with van der Waals surface area (Å²) >= 11 is 0. The molecule has 0 aliphatic carbocycles. The number of carbonyl (C=O) groups excluding carboxylic acids is 3. The summed E-state index contributed by atoms with van der Waals surface area (Å²) < 4.78 is 10.8. The number of benzene rings is 2. The lowest BCUT2D eigenvalue weighted by molar-refractivity contribution is -0.131. The van der Waals surface area contributed by atoms with E-state index in [-0.39, 0.29) is 22.4 Å². The number of imide groups is 1. The second-order valence-corrected chi connectivity index (χ2v) is 7.30. The average molecular weight is 427 g/mol. The van der Waals surface area contributed by atoms with Gasteiger partial charge in [0.25, 0.3) is 11.8 Å². The Balaban J connectivity index is 2.19. The van der Waals surface area contributed by atoms with Crippen molar-refractivity contribution in [1.82, 2.24) is 4.90 Å². The van der Waals surface area contributed by atoms with E-state index in [1.54, 1.807) is 38.1 Å². The Morgan fingerprint density at radius 3 is 2.45 bits per heavy atom. The van der Waals surface area contributed by atoms with Crippen molar-refractivity contribution in [3.8, 4) is 11.5 Å². The van der Waals surface area contributed by atoms with Crippen LogP contribution in [0.15, 0.2) is 36.4 Å². The number of nitrogens with zero attached hydrogens (tertiary/aromatic N) is 2. The van der Waals surface area contributed by atoms with E-state index >= 15 is 0 Å². The van der Waals surface area contributed by atoms with Gasteiger partial charge in [0.2, 0.25) is 5.91 Å². The fourth-order valence-electron chi connectivity index (χ4n) is 3.72. The first-order valence-electron chi connectivity index (χ1n) is 9.66. The smallest absolute Gasteiger partial charge is 0.266 e. The van der Waals surface area contributed by atoms with Gasteiger partial charge in [-0.15, -0.1) is 0 Å². The Morgan fingerprint density at radius 2 is 1.87 bits per heavy atom. The number of nitrogens with two attached hydrogens (primary N) is 1. The Bertz CT molecular complexity index is 1050. The number of aliphatic hydroxyl groups is 1. The lowest BCUT2D eigenvalue weighted by atomic mass is 9.96. The van der Waals surface area contributed by atoms with Gasteiger partial charge in [0.05, 0.1) is 31.3 Å². The molecule has 164 valence electrons. The molecule has 0 spiro atoms. The highest BCUT2D eigenvalue weighted by Gasteiger charge is 2.51. The maximum Gasteiger partial charge on any atom is 0.266 e. The molecular weight excluding hydrogens is 402 g/mol. The molecule has 2 aromatic carbocycles. The van der Waals surface area contributed by atoms with E-state index in [2.05, 4.69) is 0 Å². The van der Waals surface area contributed by atoms with Crippen molar-refractivity contribution in [2.45, 2.75) is 19.1 Å². The van der Waals surface area contributed by atoms with Crippen LogP contribution in [0, 0.1) is 0 Å². The van der Waals surface area contributed by atoms with Crippen LogP contribution < -0.4 is 20.1 Å². The van der Waals surface area contributed by atoms with Crippen molar-refractivity contribution in [3.05, 3.63) is 53.1 Å². The van der Waals surface area contributed by atoms with Crippen LogP contribution in [0.1, 0.15) is 39.6 Å². The van der Waals surface area contributed by atoms with Crippen molar-refractivity contribution in [3.63, 3.8) is 0 Å². The number of carbonyl (C=O) groups is 3. The first-order valence-corrected chi connectivity index (χ1v) is 9.66. The molecule has 0 saturated carbocycles. The number of primary amides is 1. The molecule has 1 aliphatic heterocycles. The molecule has 0 saturated heterocycles. The van der Waals surface area contributed by atoms with Crippen molar-refractivity contribution in [2.24, 2.45) is 5.73 Å². The minimum Gasteiger partial charge on any atom is -0.493 e. The zero-order chi connectivity index (χ0) is 22.9. The van der Waals surface area contributed by atoms with Crippen molar-refractivity contribution >= 4 is 23.4 Å². The average Bonchev–Trinajstić information content (AvgIpc) is 2.98. The quantitative estimate of drug-likeness (QED) is 0.612. The number of ether oxygens (including phenoxy) is 2. The summed E-state index contributed by atoms with van der Waals surface area (Å²) in [5.74, 6) is -1.65. The number of hydrogen-bond acceptors (Lipinski definition) is 7. The first-order chi connectivity index (χ1) is 14.7. The normalized spacial score (nSPS) is 14.8. The van der Waals surface area contributed by atoms with Gasteiger partial charge in [-0.3, -0.25) is 14.4 Å². The molecule has 1 heterocycles. The molecule has 0 radical (unpaired) electrons. The fourth-order valence-corrected chi connectivity index (χ4v) is 3.72. The summed E-state index contributed by atoms with van der Waals surface area (Å²) in [6.45, 7) is 2.09. The summed E-state index contributed by atoms with van der Waals surface area (Å²) in [5.41, 5.74) is 3.98. The van der Waals surface area contributed by atoms with Crippen molar-refractivity contribution < 1.29 is 29.0 Å². The minimum absolute atomic E-state index is 0.0939. The maximum absolute atomic E-state index is 13.4. The zero-order valence-electron chi connectivity index (χ0n) is 17.8. The van der Waals surface area contributed by atoms with Gasteiger partial charge in [0.1, 0.15) is 0 Å². The van der Waals surface area contributed by atoms with Gasteiger partial charge in [0, 0.05) is 25.3 Å². The van der Waals surface area contributed by atoms with E-state index in [0.29, 0.717) is 22.9 Å². The Hall–Kier alpha value is -3.59. The molecule has 0 aromatic heterocycles. The Labute approximate surface area is 179 Å². The summed E-state index contributed by atoms with van der Waals surface area (Å²) in [5, 5.41) is 11.6. The third kappa shape index (κ3) is 3.68. The predicted molar refractivity (Wildman–Crippen MR) is 113 cm³/mol. The van der Waals surface area contributed by atoms with Crippen LogP contribution in [-0.4, -0.2) is 55.5 Å². The summed E-state index contributed by atoms with van der Waals surface area (Å²) in [7, 11) is 4.94. The van der Waals surface area contributed by atoms with Crippen LogP contribution in [0.3, 0.4) is 0 Å². The maximum atomic E-state index is 13.4. The van der Waals surface area contributed by atoms with E-state index in [4.69, 9.17) is 15.2 Å². The molecule has 9 nitrogen and oxygen atoms in total. The first kappa shape index (κ1) is 22.1. The van der Waals surface area contributed by atoms with Crippen LogP contribution >= 0.6 is 0 Å². The molecular formula is C22H25N3O6. The molecule has 3 amide bonds. The highest BCUT2D eigenvalue weighted by molar-refractivity contribution is 6.24. The topological polar surface area (TPSA) is 122 Å². The van der Waals surface area contributed by atoms with Gasteiger partial charge in [-0.05, 0) is 31.2 Å². The fraction of sp³-hybridized carbons (Fsp3) is 0.318. The van der Waals surface area contributed by atoms with Gasteiger partial charge >= 0.3 is 0 Å². The van der Waals surface area contributed by atoms with Gasteiger partial charge < -0.3 is 25.2 Å². The summed E-state index contributed by atoms with van der Waals surface area (Å²) in [4.78, 5) is 40.9. The molecule has 31 heavy (non-hydrogen) atoms. The van der Waals surface area contributed by atoms with Gasteiger partial charge in [0.15, 0.2) is 17.2 Å². The number of fused-ring (bicyclic) bond motifs is 1. The second-order valence-electron chi connectivity index (χ2n) is 7.30. The van der Waals surface area contributed by atoms with E-state index in [1.165, 1.54) is 31.4 Å². The van der Waals surface area contributed by atoms with E-state index in [9.17, 15) is 19.5 Å². The number of hydrogen-bond donors (Lipinski definition) is 2. The van der Waals surface area contributed by atoms with E-state index in [1.807, 2.05) is 0 Å². The molecule has 1 atom stereocenters. The van der Waals surface area contributed by atoms with Gasteiger partial charge in [-0.1, -0.05) is 12.1 Å². The predicted octanol–water partition coefficient (Wildman–Crippen LogP) is 1.48. The lowest BCUT2D eigenvalue weighted by Gasteiger charge is -2.35. The third-order valence-corrected chi connectivity index (χ3v) is 5.09.